The molecule has 0 heterocycles. The molecule has 24 heavy (non-hydrogen) atoms. The summed E-state index contributed by atoms with van der Waals surface area (Å²) in [5.41, 5.74) is 1.95. The Morgan fingerprint density at radius 3 is 2.67 bits per heavy atom. The predicted octanol–water partition coefficient (Wildman–Crippen LogP) is 6.57. The van der Waals surface area contributed by atoms with E-state index >= 15 is 0 Å². The molecule has 3 aliphatic carbocycles. The van der Waals surface area contributed by atoms with Crippen LogP contribution in [0, 0.1) is 35.0 Å². The van der Waals surface area contributed by atoms with Gasteiger partial charge in [0.25, 0.3) is 0 Å². The van der Waals surface area contributed by atoms with Gasteiger partial charge in [-0.15, -0.1) is 0 Å². The fraction of sp³-hybridized carbons (Fsp3) is 0.870. The van der Waals surface area contributed by atoms with Gasteiger partial charge in [0, 0.05) is 12.8 Å². The molecule has 0 amide bonds. The van der Waals surface area contributed by atoms with Crippen LogP contribution >= 0.6 is 0 Å². The second-order valence-corrected chi connectivity index (χ2v) is 9.58. The first kappa shape index (κ1) is 18.2. The fourth-order valence-electron chi connectivity index (χ4n) is 6.86. The maximum atomic E-state index is 12.2. The van der Waals surface area contributed by atoms with Gasteiger partial charge in [0.2, 0.25) is 0 Å². The van der Waals surface area contributed by atoms with Crippen molar-refractivity contribution in [3.63, 3.8) is 0 Å². The number of unbranched alkanes of at least 4 members (excludes halogenated alkanes) is 1. The molecule has 6 atom stereocenters. The Morgan fingerprint density at radius 2 is 1.96 bits per heavy atom. The SMILES string of the molecule is C=C(C)[C@H]1CC[C@H]2[C@@H]3CC[C@@H](CC(=O)CCCC)C[C@H]3CC[C@]12C. The van der Waals surface area contributed by atoms with E-state index in [0.29, 0.717) is 17.1 Å². The van der Waals surface area contributed by atoms with Gasteiger partial charge >= 0.3 is 0 Å². The molecule has 1 nitrogen and oxygen atoms in total. The third kappa shape index (κ3) is 3.37. The second kappa shape index (κ2) is 7.34. The molecule has 3 aliphatic rings. The van der Waals surface area contributed by atoms with Gasteiger partial charge in [-0.25, -0.2) is 0 Å². The number of carbonyl (C=O) groups is 1. The highest BCUT2D eigenvalue weighted by Crippen LogP contribution is 2.63. The first-order valence-corrected chi connectivity index (χ1v) is 10.6. The molecule has 0 saturated heterocycles. The minimum Gasteiger partial charge on any atom is -0.300 e. The molecule has 0 N–H and O–H groups in total. The summed E-state index contributed by atoms with van der Waals surface area (Å²) in [6, 6.07) is 0. The lowest BCUT2D eigenvalue weighted by molar-refractivity contribution is -0.121. The molecule has 1 heteroatoms. The number of hydrogen-bond acceptors (Lipinski definition) is 1. The smallest absolute Gasteiger partial charge is 0.133 e. The highest BCUT2D eigenvalue weighted by molar-refractivity contribution is 5.78. The van der Waals surface area contributed by atoms with Gasteiger partial charge in [-0.2, -0.15) is 0 Å². The number of fused-ring (bicyclic) bond motifs is 3. The van der Waals surface area contributed by atoms with Gasteiger partial charge in [0.05, 0.1) is 0 Å². The topological polar surface area (TPSA) is 17.1 Å². The van der Waals surface area contributed by atoms with Crippen molar-refractivity contribution in [2.24, 2.45) is 35.0 Å². The fourth-order valence-corrected chi connectivity index (χ4v) is 6.86. The van der Waals surface area contributed by atoms with Crippen LogP contribution in [0.2, 0.25) is 0 Å². The van der Waals surface area contributed by atoms with Gasteiger partial charge in [-0.05, 0) is 93.3 Å². The molecule has 0 aromatic carbocycles. The first-order valence-electron chi connectivity index (χ1n) is 10.6. The summed E-state index contributed by atoms with van der Waals surface area (Å²) in [6.45, 7) is 11.3. The van der Waals surface area contributed by atoms with E-state index in [-0.39, 0.29) is 0 Å². The van der Waals surface area contributed by atoms with Crippen LogP contribution in [0.15, 0.2) is 12.2 Å². The van der Waals surface area contributed by atoms with Crippen molar-refractivity contribution >= 4 is 5.78 Å². The quantitative estimate of drug-likeness (QED) is 0.503. The van der Waals surface area contributed by atoms with Crippen LogP contribution in [0.25, 0.3) is 0 Å². The summed E-state index contributed by atoms with van der Waals surface area (Å²) < 4.78 is 0. The minimum absolute atomic E-state index is 0.525. The summed E-state index contributed by atoms with van der Waals surface area (Å²) in [7, 11) is 0. The molecule has 0 spiro atoms. The van der Waals surface area contributed by atoms with Crippen molar-refractivity contribution in [1.29, 1.82) is 0 Å². The Labute approximate surface area is 149 Å². The van der Waals surface area contributed by atoms with E-state index in [1.807, 2.05) is 0 Å². The Kier molecular flexibility index (Phi) is 5.57. The van der Waals surface area contributed by atoms with Crippen LogP contribution in [0.5, 0.6) is 0 Å². The van der Waals surface area contributed by atoms with Crippen LogP contribution in [0.3, 0.4) is 0 Å². The highest BCUT2D eigenvalue weighted by Gasteiger charge is 2.54. The second-order valence-electron chi connectivity index (χ2n) is 9.58. The molecule has 136 valence electrons. The number of ketones is 1. The van der Waals surface area contributed by atoms with Crippen molar-refractivity contribution in [3.8, 4) is 0 Å². The summed E-state index contributed by atoms with van der Waals surface area (Å²) in [4.78, 5) is 12.2. The van der Waals surface area contributed by atoms with Crippen molar-refractivity contribution in [3.05, 3.63) is 12.2 Å². The normalized spacial score (nSPS) is 41.5. The lowest BCUT2D eigenvalue weighted by Gasteiger charge is -2.52. The maximum Gasteiger partial charge on any atom is 0.133 e. The van der Waals surface area contributed by atoms with E-state index in [9.17, 15) is 4.79 Å². The molecule has 3 fully saturated rings. The van der Waals surface area contributed by atoms with Gasteiger partial charge in [0.1, 0.15) is 5.78 Å². The average molecular weight is 331 g/mol. The standard InChI is InChI=1S/C23H38O/c1-5-6-7-19(24)15-17-8-9-20-18(14-17)12-13-23(4)21(16(2)3)10-11-22(20)23/h17-18,20-22H,2,5-15H2,1,3-4H3/t17-,18-,20-,21-,22+,23-/m1/s1. The van der Waals surface area contributed by atoms with E-state index in [4.69, 9.17) is 0 Å². The Bertz CT molecular complexity index is 478. The Balaban J connectivity index is 1.60. The van der Waals surface area contributed by atoms with Gasteiger partial charge in [0.15, 0.2) is 0 Å². The summed E-state index contributed by atoms with van der Waals surface area (Å²) in [5, 5.41) is 0. The Morgan fingerprint density at radius 1 is 1.17 bits per heavy atom. The van der Waals surface area contributed by atoms with E-state index in [2.05, 4.69) is 27.4 Å². The lowest BCUT2D eigenvalue weighted by atomic mass is 9.53. The number of hydrogen-bond donors (Lipinski definition) is 0. The molecule has 0 aromatic heterocycles. The predicted molar refractivity (Wildman–Crippen MR) is 102 cm³/mol. The molecule has 0 aliphatic heterocycles. The maximum absolute atomic E-state index is 12.2. The van der Waals surface area contributed by atoms with Crippen LogP contribution in [-0.4, -0.2) is 5.78 Å². The molecule has 3 saturated carbocycles. The van der Waals surface area contributed by atoms with E-state index in [0.717, 1.165) is 49.4 Å². The van der Waals surface area contributed by atoms with E-state index in [1.54, 1.807) is 0 Å². The van der Waals surface area contributed by atoms with E-state index < -0.39 is 0 Å². The third-order valence-electron chi connectivity index (χ3n) is 8.05. The zero-order valence-corrected chi connectivity index (χ0v) is 16.3. The van der Waals surface area contributed by atoms with Crippen LogP contribution in [-0.2, 0) is 4.79 Å². The van der Waals surface area contributed by atoms with Crippen LogP contribution in [0.1, 0.15) is 91.4 Å². The van der Waals surface area contributed by atoms with E-state index in [1.165, 1.54) is 50.5 Å². The zero-order chi connectivity index (χ0) is 17.3. The molecule has 0 unspecified atom stereocenters. The Hall–Kier alpha value is -0.590. The number of allylic oxidation sites excluding steroid dienone is 1. The van der Waals surface area contributed by atoms with Crippen molar-refractivity contribution in [2.75, 3.05) is 0 Å². The molecule has 0 bridgehead atoms. The molecule has 0 aromatic rings. The minimum atomic E-state index is 0.525. The lowest BCUT2D eigenvalue weighted by Crippen LogP contribution is -2.44. The van der Waals surface area contributed by atoms with Crippen molar-refractivity contribution in [2.45, 2.75) is 91.4 Å². The molecule has 3 rings (SSSR count). The van der Waals surface area contributed by atoms with Crippen molar-refractivity contribution in [1.82, 2.24) is 0 Å². The molecular weight excluding hydrogens is 292 g/mol. The largest absolute Gasteiger partial charge is 0.300 e. The monoisotopic (exact) mass is 330 g/mol. The molecular formula is C23H38O. The average Bonchev–Trinajstić information content (AvgIpc) is 2.90. The number of carbonyl (C=O) groups excluding carboxylic acids is 1. The summed E-state index contributed by atoms with van der Waals surface area (Å²) in [6.07, 6.45) is 13.6. The number of Topliss-reactive ketones (excluding diaryl/α,β-unsaturated/α-hetero) is 1. The van der Waals surface area contributed by atoms with Crippen LogP contribution in [0.4, 0.5) is 0 Å². The van der Waals surface area contributed by atoms with Gasteiger partial charge < -0.3 is 0 Å². The number of rotatable bonds is 6. The van der Waals surface area contributed by atoms with Gasteiger partial charge in [-0.3, -0.25) is 4.79 Å². The van der Waals surface area contributed by atoms with Crippen molar-refractivity contribution < 1.29 is 4.79 Å². The van der Waals surface area contributed by atoms with Gasteiger partial charge in [-0.1, -0.05) is 32.4 Å². The zero-order valence-electron chi connectivity index (χ0n) is 16.3. The highest BCUT2D eigenvalue weighted by atomic mass is 16.1. The third-order valence-corrected chi connectivity index (χ3v) is 8.05. The summed E-state index contributed by atoms with van der Waals surface area (Å²) >= 11 is 0. The molecule has 0 radical (unpaired) electrons. The van der Waals surface area contributed by atoms with Crippen LogP contribution < -0.4 is 0 Å². The summed E-state index contributed by atoms with van der Waals surface area (Å²) in [5.74, 6) is 4.76. The first-order chi connectivity index (χ1) is 11.5.